The third-order valence-corrected chi connectivity index (χ3v) is 1.30. The number of halogens is 1. The maximum Gasteiger partial charge on any atom is 0.139 e. The molecule has 0 unspecified atom stereocenters. The highest BCUT2D eigenvalue weighted by atomic mass is 19.1. The van der Waals surface area contributed by atoms with Crippen molar-refractivity contribution >= 4 is 19.0 Å². The fourth-order valence-electron chi connectivity index (χ4n) is 0.743. The minimum absolute atomic E-state index is 0.173. The van der Waals surface area contributed by atoms with Crippen molar-refractivity contribution in [3.8, 4) is 0 Å². The highest BCUT2D eigenvalue weighted by Gasteiger charge is 1.99. The largest absolute Gasteiger partial charge is 0.386 e. The fourth-order valence-corrected chi connectivity index (χ4v) is 0.743. The van der Waals surface area contributed by atoms with Crippen molar-refractivity contribution in [2.75, 3.05) is 12.4 Å². The van der Waals surface area contributed by atoms with Gasteiger partial charge in [-0.05, 0) is 6.07 Å². The summed E-state index contributed by atoms with van der Waals surface area (Å²) in [6.07, 6.45) is 0. The standard InChI is InChI=1S/C7H7BFN/c1-10-6-4-2-3-5(8)7(6)9/h2-4,10H,1H3. The van der Waals surface area contributed by atoms with Gasteiger partial charge in [-0.15, -0.1) is 0 Å². The van der Waals surface area contributed by atoms with Crippen LogP contribution in [0.5, 0.6) is 0 Å². The molecule has 0 aliphatic rings. The predicted molar refractivity (Wildman–Crippen MR) is 41.3 cm³/mol. The van der Waals surface area contributed by atoms with Gasteiger partial charge in [-0.25, -0.2) is 4.39 Å². The van der Waals surface area contributed by atoms with Crippen LogP contribution in [-0.2, 0) is 0 Å². The van der Waals surface area contributed by atoms with Gasteiger partial charge in [-0.1, -0.05) is 17.6 Å². The number of hydrogen-bond donors (Lipinski definition) is 1. The molecule has 0 bridgehead atoms. The van der Waals surface area contributed by atoms with Crippen LogP contribution >= 0.6 is 0 Å². The van der Waals surface area contributed by atoms with Gasteiger partial charge in [0.05, 0.1) is 5.69 Å². The van der Waals surface area contributed by atoms with E-state index in [1.807, 2.05) is 0 Å². The minimum atomic E-state index is -0.384. The zero-order valence-electron chi connectivity index (χ0n) is 5.69. The van der Waals surface area contributed by atoms with Gasteiger partial charge in [0.15, 0.2) is 0 Å². The first-order valence-electron chi connectivity index (χ1n) is 2.97. The Morgan fingerprint density at radius 3 is 2.70 bits per heavy atom. The normalized spacial score (nSPS) is 9.40. The monoisotopic (exact) mass is 135 g/mol. The van der Waals surface area contributed by atoms with Crippen molar-refractivity contribution in [3.63, 3.8) is 0 Å². The first-order chi connectivity index (χ1) is 4.75. The molecule has 0 aliphatic carbocycles. The first-order valence-corrected chi connectivity index (χ1v) is 2.97. The van der Waals surface area contributed by atoms with Gasteiger partial charge in [0.1, 0.15) is 13.7 Å². The van der Waals surface area contributed by atoms with Crippen molar-refractivity contribution in [1.29, 1.82) is 0 Å². The number of nitrogens with one attached hydrogen (secondary N) is 1. The molecule has 0 amide bonds. The zero-order chi connectivity index (χ0) is 7.56. The summed E-state index contributed by atoms with van der Waals surface area (Å²) in [7, 11) is 6.93. The molecule has 1 nitrogen and oxygen atoms in total. The molecule has 10 heavy (non-hydrogen) atoms. The Kier molecular flexibility index (Phi) is 1.95. The van der Waals surface area contributed by atoms with Crippen LogP contribution in [0.1, 0.15) is 0 Å². The Balaban J connectivity index is 3.14. The molecule has 1 N–H and O–H groups in total. The van der Waals surface area contributed by atoms with E-state index in [2.05, 4.69) is 5.32 Å². The Labute approximate surface area is 60.7 Å². The van der Waals surface area contributed by atoms with E-state index in [0.717, 1.165) is 0 Å². The van der Waals surface area contributed by atoms with Gasteiger partial charge in [0, 0.05) is 7.05 Å². The maximum atomic E-state index is 12.8. The molecule has 0 spiro atoms. The van der Waals surface area contributed by atoms with Crippen LogP contribution in [0.15, 0.2) is 18.2 Å². The molecule has 0 saturated heterocycles. The molecule has 0 aromatic heterocycles. The van der Waals surface area contributed by atoms with Crippen LogP contribution in [-0.4, -0.2) is 14.9 Å². The molecule has 50 valence electrons. The first kappa shape index (κ1) is 7.13. The topological polar surface area (TPSA) is 12.0 Å². The second-order valence-corrected chi connectivity index (χ2v) is 1.96. The minimum Gasteiger partial charge on any atom is -0.386 e. The van der Waals surface area contributed by atoms with Crippen LogP contribution in [0.3, 0.4) is 0 Å². The molecule has 2 radical (unpaired) electrons. The van der Waals surface area contributed by atoms with Gasteiger partial charge < -0.3 is 5.32 Å². The van der Waals surface area contributed by atoms with Crippen LogP contribution < -0.4 is 10.8 Å². The van der Waals surface area contributed by atoms with Gasteiger partial charge in [-0.3, -0.25) is 0 Å². The van der Waals surface area contributed by atoms with E-state index in [1.165, 1.54) is 6.07 Å². The Morgan fingerprint density at radius 1 is 1.50 bits per heavy atom. The van der Waals surface area contributed by atoms with Gasteiger partial charge in [0.25, 0.3) is 0 Å². The fraction of sp³-hybridized carbons (Fsp3) is 0.143. The molecule has 0 heterocycles. The molecule has 3 heteroatoms. The molecule has 1 rings (SSSR count). The molecule has 1 aromatic carbocycles. The molecular weight excluding hydrogens is 128 g/mol. The Hall–Kier alpha value is -0.985. The number of benzene rings is 1. The molecule has 0 atom stereocenters. The van der Waals surface area contributed by atoms with Gasteiger partial charge in [-0.2, -0.15) is 0 Å². The lowest BCUT2D eigenvalue weighted by atomic mass is 9.95. The van der Waals surface area contributed by atoms with E-state index >= 15 is 0 Å². The smallest absolute Gasteiger partial charge is 0.139 e. The lowest BCUT2D eigenvalue weighted by Crippen LogP contribution is -2.10. The maximum absolute atomic E-state index is 12.8. The summed E-state index contributed by atoms with van der Waals surface area (Å²) >= 11 is 0. The van der Waals surface area contributed by atoms with Gasteiger partial charge in [0.2, 0.25) is 0 Å². The van der Waals surface area contributed by atoms with Crippen LogP contribution in [0.25, 0.3) is 0 Å². The van der Waals surface area contributed by atoms with Crippen molar-refractivity contribution in [2.24, 2.45) is 0 Å². The summed E-state index contributed by atoms with van der Waals surface area (Å²) in [5.74, 6) is -0.384. The van der Waals surface area contributed by atoms with Crippen LogP contribution in [0.4, 0.5) is 10.1 Å². The summed E-state index contributed by atoms with van der Waals surface area (Å²) in [5, 5.41) is 2.68. The highest BCUT2D eigenvalue weighted by molar-refractivity contribution is 6.32. The lowest BCUT2D eigenvalue weighted by molar-refractivity contribution is 0.639. The summed E-state index contributed by atoms with van der Waals surface area (Å²) in [5.41, 5.74) is 0.604. The van der Waals surface area contributed by atoms with Gasteiger partial charge >= 0.3 is 0 Å². The summed E-state index contributed by atoms with van der Waals surface area (Å²) in [6, 6.07) is 4.85. The van der Waals surface area contributed by atoms with Crippen molar-refractivity contribution in [3.05, 3.63) is 24.0 Å². The Bertz CT molecular complexity index is 237. The number of rotatable bonds is 1. The van der Waals surface area contributed by atoms with E-state index in [9.17, 15) is 4.39 Å². The van der Waals surface area contributed by atoms with E-state index < -0.39 is 0 Å². The second-order valence-electron chi connectivity index (χ2n) is 1.96. The quantitative estimate of drug-likeness (QED) is 0.557. The zero-order valence-corrected chi connectivity index (χ0v) is 5.69. The van der Waals surface area contributed by atoms with E-state index in [0.29, 0.717) is 5.69 Å². The molecule has 1 aromatic rings. The SMILES string of the molecule is [B]c1cccc(NC)c1F. The lowest BCUT2D eigenvalue weighted by Gasteiger charge is -2.02. The molecule has 0 saturated carbocycles. The van der Waals surface area contributed by atoms with Crippen molar-refractivity contribution < 1.29 is 4.39 Å². The van der Waals surface area contributed by atoms with E-state index in [1.54, 1.807) is 19.2 Å². The third kappa shape index (κ3) is 1.13. The van der Waals surface area contributed by atoms with E-state index in [4.69, 9.17) is 7.85 Å². The summed E-state index contributed by atoms with van der Waals surface area (Å²) < 4.78 is 12.8. The molecular formula is C7H7BFN. The summed E-state index contributed by atoms with van der Waals surface area (Å²) in [6.45, 7) is 0. The number of anilines is 1. The molecule has 0 aliphatic heterocycles. The highest BCUT2D eigenvalue weighted by Crippen LogP contribution is 2.07. The average molecular weight is 135 g/mol. The Morgan fingerprint density at radius 2 is 2.20 bits per heavy atom. The van der Waals surface area contributed by atoms with Crippen molar-refractivity contribution in [1.82, 2.24) is 0 Å². The predicted octanol–water partition coefficient (Wildman–Crippen LogP) is 0.661. The van der Waals surface area contributed by atoms with Crippen molar-refractivity contribution in [2.45, 2.75) is 0 Å². The molecule has 0 fully saturated rings. The third-order valence-electron chi connectivity index (χ3n) is 1.30. The summed E-state index contributed by atoms with van der Waals surface area (Å²) in [4.78, 5) is 0. The van der Waals surface area contributed by atoms with E-state index in [-0.39, 0.29) is 11.3 Å². The second kappa shape index (κ2) is 2.73. The average Bonchev–Trinajstić information content (AvgIpc) is 1.95. The number of hydrogen-bond acceptors (Lipinski definition) is 1. The van der Waals surface area contributed by atoms with Crippen LogP contribution in [0, 0.1) is 5.82 Å². The van der Waals surface area contributed by atoms with Crippen LogP contribution in [0.2, 0.25) is 0 Å².